The van der Waals surface area contributed by atoms with Gasteiger partial charge in [-0.15, -0.1) is 0 Å². The maximum atomic E-state index is 5.83. The summed E-state index contributed by atoms with van der Waals surface area (Å²) in [5.41, 5.74) is 2.25. The van der Waals surface area contributed by atoms with Crippen molar-refractivity contribution in [3.63, 3.8) is 0 Å². The van der Waals surface area contributed by atoms with E-state index in [-0.39, 0.29) is 0 Å². The van der Waals surface area contributed by atoms with Gasteiger partial charge >= 0.3 is 0 Å². The lowest BCUT2D eigenvalue weighted by atomic mass is 10.2. The third-order valence-corrected chi connectivity index (χ3v) is 3.15. The average Bonchev–Trinajstić information content (AvgIpc) is 2.46. The molecular formula is C18H14Cl2. The van der Waals surface area contributed by atoms with E-state index < -0.39 is 0 Å². The lowest BCUT2D eigenvalue weighted by Gasteiger charge is -1.92. The van der Waals surface area contributed by atoms with Gasteiger partial charge in [-0.05, 0) is 35.4 Å². The molecule has 2 aromatic carbocycles. The SMILES string of the molecule is Clc1ccc(/C=C/C=C/C=C/c2ccc(Cl)cc2)cc1. The summed E-state index contributed by atoms with van der Waals surface area (Å²) in [6, 6.07) is 15.5. The summed E-state index contributed by atoms with van der Waals surface area (Å²) in [5, 5.41) is 1.51. The van der Waals surface area contributed by atoms with E-state index in [0.717, 1.165) is 21.2 Å². The van der Waals surface area contributed by atoms with Gasteiger partial charge in [0.2, 0.25) is 0 Å². The summed E-state index contributed by atoms with van der Waals surface area (Å²) in [7, 11) is 0. The monoisotopic (exact) mass is 300 g/mol. The van der Waals surface area contributed by atoms with Crippen molar-refractivity contribution in [2.75, 3.05) is 0 Å². The van der Waals surface area contributed by atoms with Crippen molar-refractivity contribution >= 4 is 35.4 Å². The Morgan fingerprint density at radius 1 is 0.500 bits per heavy atom. The summed E-state index contributed by atoms with van der Waals surface area (Å²) < 4.78 is 0. The minimum atomic E-state index is 0.753. The topological polar surface area (TPSA) is 0 Å². The second kappa shape index (κ2) is 7.74. The van der Waals surface area contributed by atoms with Gasteiger partial charge in [0.1, 0.15) is 0 Å². The van der Waals surface area contributed by atoms with E-state index in [2.05, 4.69) is 0 Å². The standard InChI is InChI=1S/C18H14Cl2/c19-17-11-7-15(8-12-17)5-3-1-2-4-6-16-9-13-18(20)14-10-16/h1-14H/b2-1+,5-3+,6-4+. The Hall–Kier alpha value is -1.76. The van der Waals surface area contributed by atoms with Crippen molar-refractivity contribution in [2.45, 2.75) is 0 Å². The summed E-state index contributed by atoms with van der Waals surface area (Å²) in [6.07, 6.45) is 12.0. The first-order valence-corrected chi connectivity index (χ1v) is 7.02. The van der Waals surface area contributed by atoms with Crippen LogP contribution < -0.4 is 0 Å². The Balaban J connectivity index is 1.87. The van der Waals surface area contributed by atoms with E-state index in [0.29, 0.717) is 0 Å². The van der Waals surface area contributed by atoms with Gasteiger partial charge in [0, 0.05) is 10.0 Å². The molecule has 0 radical (unpaired) electrons. The molecule has 20 heavy (non-hydrogen) atoms. The molecular weight excluding hydrogens is 287 g/mol. The van der Waals surface area contributed by atoms with Gasteiger partial charge in [-0.1, -0.05) is 83.9 Å². The predicted molar refractivity (Wildman–Crippen MR) is 90.1 cm³/mol. The van der Waals surface area contributed by atoms with Crippen molar-refractivity contribution in [1.29, 1.82) is 0 Å². The zero-order valence-electron chi connectivity index (χ0n) is 10.8. The van der Waals surface area contributed by atoms with Gasteiger partial charge in [0.15, 0.2) is 0 Å². The van der Waals surface area contributed by atoms with Crippen LogP contribution in [0.3, 0.4) is 0 Å². The molecule has 0 amide bonds. The van der Waals surface area contributed by atoms with Gasteiger partial charge in [0.25, 0.3) is 0 Å². The number of benzene rings is 2. The summed E-state index contributed by atoms with van der Waals surface area (Å²) in [5.74, 6) is 0. The number of hydrogen-bond acceptors (Lipinski definition) is 0. The molecule has 0 aliphatic heterocycles. The third-order valence-electron chi connectivity index (χ3n) is 2.65. The lowest BCUT2D eigenvalue weighted by Crippen LogP contribution is -1.69. The molecule has 0 atom stereocenters. The molecule has 0 fully saturated rings. The van der Waals surface area contributed by atoms with Crippen molar-refractivity contribution in [1.82, 2.24) is 0 Å². The molecule has 0 spiro atoms. The highest BCUT2D eigenvalue weighted by Gasteiger charge is 1.86. The zero-order chi connectivity index (χ0) is 14.2. The molecule has 0 aliphatic rings. The molecule has 0 saturated carbocycles. The highest BCUT2D eigenvalue weighted by Crippen LogP contribution is 2.11. The Morgan fingerprint density at radius 3 is 1.20 bits per heavy atom. The smallest absolute Gasteiger partial charge is 0.0406 e. The number of rotatable bonds is 4. The van der Waals surface area contributed by atoms with Crippen LogP contribution in [0.4, 0.5) is 0 Å². The zero-order valence-corrected chi connectivity index (χ0v) is 12.4. The quantitative estimate of drug-likeness (QED) is 0.583. The molecule has 0 aliphatic carbocycles. The largest absolute Gasteiger partial charge is 0.0843 e. The van der Waals surface area contributed by atoms with Crippen LogP contribution in [0, 0.1) is 0 Å². The molecule has 0 unspecified atom stereocenters. The third kappa shape index (κ3) is 5.08. The van der Waals surface area contributed by atoms with Gasteiger partial charge in [-0.25, -0.2) is 0 Å². The fraction of sp³-hybridized carbons (Fsp3) is 0. The van der Waals surface area contributed by atoms with E-state index in [9.17, 15) is 0 Å². The maximum Gasteiger partial charge on any atom is 0.0406 e. The van der Waals surface area contributed by atoms with Crippen LogP contribution in [-0.2, 0) is 0 Å². The van der Waals surface area contributed by atoms with Crippen molar-refractivity contribution in [2.24, 2.45) is 0 Å². The lowest BCUT2D eigenvalue weighted by molar-refractivity contribution is 1.65. The van der Waals surface area contributed by atoms with Gasteiger partial charge in [-0.3, -0.25) is 0 Å². The Morgan fingerprint density at radius 2 is 0.850 bits per heavy atom. The van der Waals surface area contributed by atoms with E-state index in [1.165, 1.54) is 0 Å². The fourth-order valence-electron chi connectivity index (χ4n) is 1.61. The number of hydrogen-bond donors (Lipinski definition) is 0. The van der Waals surface area contributed by atoms with Crippen molar-refractivity contribution in [3.8, 4) is 0 Å². The molecule has 0 N–H and O–H groups in total. The second-order valence-electron chi connectivity index (χ2n) is 4.21. The molecule has 0 bridgehead atoms. The average molecular weight is 301 g/mol. The van der Waals surface area contributed by atoms with Crippen LogP contribution in [0.5, 0.6) is 0 Å². The molecule has 0 saturated heterocycles. The molecule has 2 heteroatoms. The molecule has 0 aromatic heterocycles. The van der Waals surface area contributed by atoms with Crippen LogP contribution >= 0.6 is 23.2 Å². The predicted octanol–water partition coefficient (Wildman–Crippen LogP) is 6.28. The van der Waals surface area contributed by atoms with Gasteiger partial charge in [-0.2, -0.15) is 0 Å². The minimum Gasteiger partial charge on any atom is -0.0843 e. The first-order chi connectivity index (χ1) is 9.74. The fourth-order valence-corrected chi connectivity index (χ4v) is 1.86. The summed E-state index contributed by atoms with van der Waals surface area (Å²) >= 11 is 11.7. The van der Waals surface area contributed by atoms with E-state index in [4.69, 9.17) is 23.2 Å². The van der Waals surface area contributed by atoms with Crippen LogP contribution in [-0.4, -0.2) is 0 Å². The normalized spacial score (nSPS) is 11.9. The number of halogens is 2. The first-order valence-electron chi connectivity index (χ1n) is 6.26. The minimum absolute atomic E-state index is 0.753. The van der Waals surface area contributed by atoms with Gasteiger partial charge < -0.3 is 0 Å². The maximum absolute atomic E-state index is 5.83. The molecule has 0 nitrogen and oxygen atoms in total. The first kappa shape index (κ1) is 14.6. The van der Waals surface area contributed by atoms with Crippen LogP contribution in [0.1, 0.15) is 11.1 Å². The molecule has 100 valence electrons. The van der Waals surface area contributed by atoms with Gasteiger partial charge in [0.05, 0.1) is 0 Å². The Labute approximate surface area is 129 Å². The molecule has 2 rings (SSSR count). The van der Waals surface area contributed by atoms with Crippen molar-refractivity contribution in [3.05, 3.63) is 94.0 Å². The van der Waals surface area contributed by atoms with Crippen LogP contribution in [0.2, 0.25) is 10.0 Å². The second-order valence-corrected chi connectivity index (χ2v) is 5.08. The van der Waals surface area contributed by atoms with Crippen LogP contribution in [0.25, 0.3) is 12.2 Å². The van der Waals surface area contributed by atoms with Crippen molar-refractivity contribution < 1.29 is 0 Å². The Kier molecular flexibility index (Phi) is 5.67. The summed E-state index contributed by atoms with van der Waals surface area (Å²) in [4.78, 5) is 0. The highest BCUT2D eigenvalue weighted by atomic mass is 35.5. The number of allylic oxidation sites excluding steroid dienone is 4. The van der Waals surface area contributed by atoms with E-state index >= 15 is 0 Å². The summed E-state index contributed by atoms with van der Waals surface area (Å²) in [6.45, 7) is 0. The Bertz CT molecular complexity index is 560. The van der Waals surface area contributed by atoms with Crippen LogP contribution in [0.15, 0.2) is 72.8 Å². The molecule has 2 aromatic rings. The van der Waals surface area contributed by atoms with E-state index in [1.807, 2.05) is 85.0 Å². The highest BCUT2D eigenvalue weighted by molar-refractivity contribution is 6.30. The molecule has 0 heterocycles. The van der Waals surface area contributed by atoms with E-state index in [1.54, 1.807) is 0 Å².